The highest BCUT2D eigenvalue weighted by Crippen LogP contribution is 1.84. The average Bonchev–Trinajstić information content (AvgIpc) is 2.22. The van der Waals surface area contributed by atoms with Crippen LogP contribution in [0.2, 0.25) is 0 Å². The molecule has 0 aromatic rings. The summed E-state index contributed by atoms with van der Waals surface area (Å²) in [6, 6.07) is 0. The van der Waals surface area contributed by atoms with Crippen LogP contribution >= 0.6 is 0 Å². The first-order valence-electron chi connectivity index (χ1n) is 5.15. The lowest BCUT2D eigenvalue weighted by Crippen LogP contribution is -2.27. The van der Waals surface area contributed by atoms with Crippen molar-refractivity contribution >= 4 is 12.6 Å². The number of carbonyl (C=O) groups is 1. The molecule has 0 spiro atoms. The van der Waals surface area contributed by atoms with Crippen LogP contribution in [0.15, 0.2) is 0 Å². The zero-order valence-electron chi connectivity index (χ0n) is 10.2. The highest BCUT2D eigenvalue weighted by atomic mass is 16.5. The molecule has 95 valence electrons. The quantitative estimate of drug-likeness (QED) is 0.660. The minimum atomic E-state index is -0.305. The van der Waals surface area contributed by atoms with Crippen molar-refractivity contribution in [2.45, 2.75) is 19.8 Å². The van der Waals surface area contributed by atoms with Gasteiger partial charge in [-0.25, -0.2) is 9.59 Å². The number of alkyl carbamates (subject to hydrolysis) is 1. The number of carbonyl (C=O) groups excluding carboxylic acids is 1. The lowest BCUT2D eigenvalue weighted by molar-refractivity contribution is 0.146. The molecule has 1 radical (unpaired) electrons. The minimum Gasteiger partial charge on any atom is -0.473 e. The van der Waals surface area contributed by atoms with E-state index in [9.17, 15) is 4.79 Å². The Morgan fingerprint density at radius 1 is 1.50 bits per heavy atom. The molecule has 0 saturated carbocycles. The first-order valence-corrected chi connectivity index (χ1v) is 5.15. The summed E-state index contributed by atoms with van der Waals surface area (Å²) in [5.74, 6) is 0. The SMILES string of the molecule is CCCOC(=O)NCCCN(C)C.O=[C]O. The maximum atomic E-state index is 10.9. The second kappa shape index (κ2) is 13.7. The number of hydrogen-bond donors (Lipinski definition) is 2. The van der Waals surface area contributed by atoms with Gasteiger partial charge in [0.15, 0.2) is 0 Å². The molecule has 0 unspecified atom stereocenters. The van der Waals surface area contributed by atoms with Gasteiger partial charge in [-0.2, -0.15) is 0 Å². The third-order valence-electron chi connectivity index (χ3n) is 1.49. The van der Waals surface area contributed by atoms with E-state index in [-0.39, 0.29) is 6.09 Å². The van der Waals surface area contributed by atoms with Crippen LogP contribution in [-0.2, 0) is 9.53 Å². The van der Waals surface area contributed by atoms with Gasteiger partial charge in [0.2, 0.25) is 0 Å². The van der Waals surface area contributed by atoms with Gasteiger partial charge in [0.25, 0.3) is 0 Å². The molecule has 0 aliphatic heterocycles. The van der Waals surface area contributed by atoms with Crippen LogP contribution in [0.1, 0.15) is 19.8 Å². The third kappa shape index (κ3) is 18.5. The van der Waals surface area contributed by atoms with Crippen LogP contribution < -0.4 is 5.32 Å². The second-order valence-electron chi connectivity index (χ2n) is 3.31. The lowest BCUT2D eigenvalue weighted by atomic mass is 10.4. The lowest BCUT2D eigenvalue weighted by Gasteiger charge is -2.09. The first-order chi connectivity index (χ1) is 7.58. The van der Waals surface area contributed by atoms with E-state index in [4.69, 9.17) is 14.6 Å². The van der Waals surface area contributed by atoms with Gasteiger partial charge in [0, 0.05) is 6.54 Å². The zero-order chi connectivity index (χ0) is 12.8. The van der Waals surface area contributed by atoms with Crippen molar-refractivity contribution in [1.82, 2.24) is 10.2 Å². The molecule has 6 nitrogen and oxygen atoms in total. The Kier molecular flexibility index (Phi) is 14.6. The van der Waals surface area contributed by atoms with Crippen molar-refractivity contribution in [3.8, 4) is 0 Å². The van der Waals surface area contributed by atoms with Crippen LogP contribution in [0.3, 0.4) is 0 Å². The first kappa shape index (κ1) is 17.1. The molecular weight excluding hydrogens is 212 g/mol. The van der Waals surface area contributed by atoms with Gasteiger partial charge in [-0.15, -0.1) is 0 Å². The van der Waals surface area contributed by atoms with Crippen LogP contribution in [0.25, 0.3) is 0 Å². The molecule has 0 aliphatic rings. The molecule has 0 atom stereocenters. The van der Waals surface area contributed by atoms with E-state index in [1.807, 2.05) is 21.0 Å². The third-order valence-corrected chi connectivity index (χ3v) is 1.49. The van der Waals surface area contributed by atoms with Crippen LogP contribution in [0, 0.1) is 0 Å². The van der Waals surface area contributed by atoms with E-state index in [2.05, 4.69) is 10.2 Å². The molecule has 2 N–H and O–H groups in total. The maximum Gasteiger partial charge on any atom is 0.414 e. The largest absolute Gasteiger partial charge is 0.473 e. The molecule has 0 saturated heterocycles. The second-order valence-corrected chi connectivity index (χ2v) is 3.31. The fourth-order valence-corrected chi connectivity index (χ4v) is 0.832. The summed E-state index contributed by atoms with van der Waals surface area (Å²) >= 11 is 0. The van der Waals surface area contributed by atoms with Gasteiger partial charge in [0.1, 0.15) is 0 Å². The summed E-state index contributed by atoms with van der Waals surface area (Å²) in [5.41, 5.74) is 0. The number of amides is 1. The number of nitrogens with zero attached hydrogens (tertiary/aromatic N) is 1. The Bertz CT molecular complexity index is 174. The Morgan fingerprint density at radius 3 is 2.50 bits per heavy atom. The topological polar surface area (TPSA) is 78.9 Å². The summed E-state index contributed by atoms with van der Waals surface area (Å²) in [7, 11) is 4.02. The molecule has 0 bridgehead atoms. The normalized spacial score (nSPS) is 9.00. The fraction of sp³-hybridized carbons (Fsp3) is 0.800. The smallest absolute Gasteiger partial charge is 0.414 e. The predicted octanol–water partition coefficient (Wildman–Crippen LogP) is 0.686. The summed E-state index contributed by atoms with van der Waals surface area (Å²) < 4.78 is 4.83. The predicted molar refractivity (Wildman–Crippen MR) is 61.1 cm³/mol. The number of hydrogen-bond acceptors (Lipinski definition) is 4. The number of ether oxygens (including phenoxy) is 1. The van der Waals surface area contributed by atoms with Crippen molar-refractivity contribution in [2.24, 2.45) is 0 Å². The Morgan fingerprint density at radius 2 is 2.06 bits per heavy atom. The monoisotopic (exact) mass is 233 g/mol. The van der Waals surface area contributed by atoms with E-state index in [0.717, 1.165) is 19.4 Å². The van der Waals surface area contributed by atoms with Crippen LogP contribution in [0.5, 0.6) is 0 Å². The minimum absolute atomic E-state index is 0.305. The van der Waals surface area contributed by atoms with Crippen molar-refractivity contribution in [1.29, 1.82) is 0 Å². The zero-order valence-corrected chi connectivity index (χ0v) is 10.2. The maximum absolute atomic E-state index is 10.9. The summed E-state index contributed by atoms with van der Waals surface area (Å²) in [5, 5.41) is 9.45. The number of nitrogens with one attached hydrogen (secondary N) is 1. The average molecular weight is 233 g/mol. The van der Waals surface area contributed by atoms with E-state index in [1.54, 1.807) is 0 Å². The fourth-order valence-electron chi connectivity index (χ4n) is 0.832. The summed E-state index contributed by atoms with van der Waals surface area (Å²) in [6.45, 7) is 4.63. The number of rotatable bonds is 6. The molecule has 0 fully saturated rings. The highest BCUT2D eigenvalue weighted by Gasteiger charge is 1.98. The van der Waals surface area contributed by atoms with Gasteiger partial charge >= 0.3 is 12.6 Å². The summed E-state index contributed by atoms with van der Waals surface area (Å²) in [6.07, 6.45) is 1.51. The van der Waals surface area contributed by atoms with E-state index < -0.39 is 0 Å². The van der Waals surface area contributed by atoms with Gasteiger partial charge in [0.05, 0.1) is 6.61 Å². The van der Waals surface area contributed by atoms with Gasteiger partial charge < -0.3 is 20.1 Å². The molecule has 16 heavy (non-hydrogen) atoms. The molecular formula is C10H21N2O4. The van der Waals surface area contributed by atoms with E-state index >= 15 is 0 Å². The van der Waals surface area contributed by atoms with E-state index in [1.165, 1.54) is 0 Å². The van der Waals surface area contributed by atoms with Gasteiger partial charge in [-0.05, 0) is 33.5 Å². The van der Waals surface area contributed by atoms with Crippen LogP contribution in [-0.4, -0.2) is 56.4 Å². The van der Waals surface area contributed by atoms with Gasteiger partial charge in [-0.3, -0.25) is 0 Å². The molecule has 1 amide bonds. The summed E-state index contributed by atoms with van der Waals surface area (Å²) in [4.78, 5) is 21.2. The van der Waals surface area contributed by atoms with Crippen molar-refractivity contribution in [3.63, 3.8) is 0 Å². The van der Waals surface area contributed by atoms with Gasteiger partial charge in [-0.1, -0.05) is 6.92 Å². The Labute approximate surface area is 96.6 Å². The molecule has 0 aromatic carbocycles. The molecule has 6 heteroatoms. The van der Waals surface area contributed by atoms with E-state index in [0.29, 0.717) is 19.6 Å². The van der Waals surface area contributed by atoms with Crippen molar-refractivity contribution in [2.75, 3.05) is 33.8 Å². The van der Waals surface area contributed by atoms with Crippen molar-refractivity contribution in [3.05, 3.63) is 0 Å². The molecule has 0 rings (SSSR count). The highest BCUT2D eigenvalue weighted by molar-refractivity contribution is 5.66. The molecule has 0 aliphatic carbocycles. The molecule has 0 aromatic heterocycles. The molecule has 0 heterocycles. The standard InChI is InChI=1S/C9H20N2O2.CHO2/c1-4-8-13-9(12)10-6-5-7-11(2)3;2-1-3/h4-8H2,1-3H3,(H,10,12);(H,2,3). The Balaban J connectivity index is 0. The Hall–Kier alpha value is -1.30. The van der Waals surface area contributed by atoms with Crippen LogP contribution in [0.4, 0.5) is 4.79 Å². The number of aliphatic hydroxyl groups excluding tert-OH is 1. The van der Waals surface area contributed by atoms with Crippen molar-refractivity contribution < 1.29 is 19.4 Å².